The fourth-order valence-corrected chi connectivity index (χ4v) is 4.46. The number of carboxylic acid groups (broad SMARTS) is 1. The second kappa shape index (κ2) is 10.7. The molecule has 1 aliphatic heterocycles. The Morgan fingerprint density at radius 3 is 2.20 bits per heavy atom. The number of fused-ring (bicyclic) bond motifs is 1. The van der Waals surface area contributed by atoms with Gasteiger partial charge in [-0.1, -0.05) is 42.5 Å². The van der Waals surface area contributed by atoms with E-state index < -0.39 is 23.0 Å². The van der Waals surface area contributed by atoms with E-state index in [0.717, 1.165) is 16.3 Å². The fourth-order valence-electron chi connectivity index (χ4n) is 4.46. The minimum absolute atomic E-state index is 0.0539. The minimum Gasteiger partial charge on any atom is -0.497 e. The number of pyridine rings is 1. The molecule has 0 saturated heterocycles. The molecular weight excluding hydrogens is 508 g/mol. The fraction of sp³-hybridized carbons (Fsp3) is 0.0968. The third-order valence-electron chi connectivity index (χ3n) is 6.50. The molecule has 0 fully saturated rings. The van der Waals surface area contributed by atoms with E-state index in [2.05, 4.69) is 5.10 Å². The number of benzene rings is 3. The summed E-state index contributed by atoms with van der Waals surface area (Å²) in [5.74, 6) is -1.47. The Balaban J connectivity index is 1.75. The Labute approximate surface area is 229 Å². The second-order valence-corrected chi connectivity index (χ2v) is 9.20. The van der Waals surface area contributed by atoms with Gasteiger partial charge in [-0.2, -0.15) is 5.01 Å². The molecule has 3 aromatic carbocycles. The largest absolute Gasteiger partial charge is 0.497 e. The zero-order chi connectivity index (χ0) is 28.4. The van der Waals surface area contributed by atoms with E-state index in [9.17, 15) is 19.5 Å². The van der Waals surface area contributed by atoms with Crippen LogP contribution >= 0.6 is 0 Å². The molecule has 0 saturated carbocycles. The monoisotopic (exact) mass is 534 g/mol. The van der Waals surface area contributed by atoms with Crippen LogP contribution in [0.5, 0.6) is 5.75 Å². The Morgan fingerprint density at radius 1 is 0.925 bits per heavy atom. The van der Waals surface area contributed by atoms with Crippen molar-refractivity contribution in [2.24, 2.45) is 5.10 Å². The average Bonchev–Trinajstić information content (AvgIpc) is 3.30. The third-order valence-corrected chi connectivity index (χ3v) is 6.50. The molecular formula is C31H26N4O5. The van der Waals surface area contributed by atoms with Crippen molar-refractivity contribution in [1.29, 1.82) is 0 Å². The van der Waals surface area contributed by atoms with Crippen molar-refractivity contribution in [1.82, 2.24) is 4.57 Å². The van der Waals surface area contributed by atoms with Gasteiger partial charge in [0.05, 0.1) is 29.3 Å². The molecule has 4 aromatic rings. The molecule has 0 atom stereocenters. The van der Waals surface area contributed by atoms with Crippen LogP contribution in [0.4, 0.5) is 11.4 Å². The molecule has 1 amide bonds. The van der Waals surface area contributed by atoms with E-state index >= 15 is 0 Å². The molecule has 0 radical (unpaired) electrons. The number of hydrogen-bond donors (Lipinski definition) is 1. The van der Waals surface area contributed by atoms with Gasteiger partial charge in [-0.15, -0.1) is 5.10 Å². The summed E-state index contributed by atoms with van der Waals surface area (Å²) in [5.41, 5.74) is 1.49. The summed E-state index contributed by atoms with van der Waals surface area (Å²) < 4.78 is 6.50. The van der Waals surface area contributed by atoms with E-state index in [1.807, 2.05) is 43.3 Å². The van der Waals surface area contributed by atoms with Crippen LogP contribution in [0.2, 0.25) is 0 Å². The molecule has 0 unspecified atom stereocenters. The van der Waals surface area contributed by atoms with Gasteiger partial charge in [-0.25, -0.2) is 4.79 Å². The van der Waals surface area contributed by atoms with Crippen LogP contribution in [0.1, 0.15) is 26.3 Å². The lowest BCUT2D eigenvalue weighted by atomic mass is 10.1. The van der Waals surface area contributed by atoms with Crippen molar-refractivity contribution in [2.45, 2.75) is 0 Å². The summed E-state index contributed by atoms with van der Waals surface area (Å²) in [7, 11) is 5.42. The number of methoxy groups -OCH3 is 1. The van der Waals surface area contributed by atoms with Crippen LogP contribution in [0.25, 0.3) is 17.8 Å². The number of nitrogens with zero attached hydrogens (tertiary/aromatic N) is 4. The number of aromatic nitrogens is 1. The molecule has 5 rings (SSSR count). The van der Waals surface area contributed by atoms with Crippen molar-refractivity contribution in [2.75, 3.05) is 31.1 Å². The standard InChI is InChI=1S/C31H26N4O5/c1-33(2)21-14-12-20(13-15-21)8-7-11-25-26(31(38)39)27-28(32-35(30(27)37)23-9-5-4-6-10-23)34(29(25)36)22-16-18-24(40-3)19-17-22/h4-19H,1-3H3,(H,38,39)/b8-7?,25-11-. The molecule has 0 bridgehead atoms. The van der Waals surface area contributed by atoms with E-state index in [0.29, 0.717) is 17.1 Å². The van der Waals surface area contributed by atoms with E-state index in [1.54, 1.807) is 66.7 Å². The highest BCUT2D eigenvalue weighted by Crippen LogP contribution is 2.21. The van der Waals surface area contributed by atoms with Crippen molar-refractivity contribution in [3.8, 4) is 11.4 Å². The first kappa shape index (κ1) is 26.2. The summed E-state index contributed by atoms with van der Waals surface area (Å²) in [6.07, 6.45) is 4.78. The summed E-state index contributed by atoms with van der Waals surface area (Å²) in [6.45, 7) is 0. The number of carbonyl (C=O) groups excluding carboxylic acids is 1. The van der Waals surface area contributed by atoms with Gasteiger partial charge in [0, 0.05) is 19.8 Å². The smallest absolute Gasteiger partial charge is 0.337 e. The van der Waals surface area contributed by atoms with Crippen LogP contribution in [0, 0.1) is 0 Å². The van der Waals surface area contributed by atoms with Crippen molar-refractivity contribution < 1.29 is 19.4 Å². The number of amides is 1. The number of allylic oxidation sites excluding steroid dienone is 1. The van der Waals surface area contributed by atoms with E-state index in [4.69, 9.17) is 4.74 Å². The highest BCUT2D eigenvalue weighted by Gasteiger charge is 2.34. The van der Waals surface area contributed by atoms with Gasteiger partial charge in [0.25, 0.3) is 11.5 Å². The number of hydrogen-bond acceptors (Lipinski definition) is 6. The SMILES string of the molecule is COc1ccc(-n2c3c(c(C(=O)O)/c(=C/C=Cc4ccc(N(C)C)cc4)c2=O)C(=O)N(c2ccccc2)N=3)cc1. The number of carbonyl (C=O) groups is 2. The lowest BCUT2D eigenvalue weighted by Crippen LogP contribution is -2.47. The molecule has 9 heteroatoms. The number of carboxylic acids is 1. The second-order valence-electron chi connectivity index (χ2n) is 9.20. The van der Waals surface area contributed by atoms with Crippen molar-refractivity contribution in [3.63, 3.8) is 0 Å². The highest BCUT2D eigenvalue weighted by atomic mass is 16.5. The first-order valence-electron chi connectivity index (χ1n) is 12.4. The molecule has 1 aromatic heterocycles. The summed E-state index contributed by atoms with van der Waals surface area (Å²) in [6, 6.07) is 23.0. The van der Waals surface area contributed by atoms with Gasteiger partial charge in [0.2, 0.25) is 0 Å². The third kappa shape index (κ3) is 4.76. The lowest BCUT2D eigenvalue weighted by molar-refractivity contribution is 0.0690. The number of aromatic carboxylic acids is 1. The zero-order valence-electron chi connectivity index (χ0n) is 22.1. The van der Waals surface area contributed by atoms with Gasteiger partial charge >= 0.3 is 5.97 Å². The molecule has 200 valence electrons. The Kier molecular flexibility index (Phi) is 7.03. The van der Waals surface area contributed by atoms with E-state index in [1.165, 1.54) is 17.8 Å². The van der Waals surface area contributed by atoms with Gasteiger partial charge in [0.1, 0.15) is 11.3 Å². The first-order chi connectivity index (χ1) is 19.3. The van der Waals surface area contributed by atoms with Crippen LogP contribution in [0.3, 0.4) is 0 Å². The molecule has 0 spiro atoms. The summed E-state index contributed by atoms with van der Waals surface area (Å²) >= 11 is 0. The number of rotatable bonds is 7. The normalized spacial score (nSPS) is 12.9. The summed E-state index contributed by atoms with van der Waals surface area (Å²) in [4.78, 5) is 42.1. The Bertz CT molecular complexity index is 1810. The molecule has 1 N–H and O–H groups in total. The molecule has 9 nitrogen and oxygen atoms in total. The maximum absolute atomic E-state index is 13.9. The first-order valence-corrected chi connectivity index (χ1v) is 12.4. The van der Waals surface area contributed by atoms with Gasteiger partial charge in [-0.05, 0) is 60.2 Å². The van der Waals surface area contributed by atoms with Gasteiger partial charge in [0.15, 0.2) is 5.49 Å². The highest BCUT2D eigenvalue weighted by molar-refractivity contribution is 6.12. The van der Waals surface area contributed by atoms with Crippen LogP contribution < -0.4 is 30.9 Å². The number of para-hydroxylation sites is 1. The molecule has 2 heterocycles. The lowest BCUT2D eigenvalue weighted by Gasteiger charge is -2.12. The van der Waals surface area contributed by atoms with Gasteiger partial charge < -0.3 is 14.7 Å². The predicted molar refractivity (Wildman–Crippen MR) is 154 cm³/mol. The van der Waals surface area contributed by atoms with Crippen LogP contribution in [-0.2, 0) is 0 Å². The Hall–Kier alpha value is -5.44. The van der Waals surface area contributed by atoms with Crippen molar-refractivity contribution >= 4 is 35.4 Å². The number of anilines is 2. The Morgan fingerprint density at radius 2 is 1.60 bits per heavy atom. The molecule has 1 aliphatic rings. The predicted octanol–water partition coefficient (Wildman–Crippen LogP) is 3.30. The van der Waals surface area contributed by atoms with E-state index in [-0.39, 0.29) is 16.3 Å². The van der Waals surface area contributed by atoms with Crippen molar-refractivity contribution in [3.05, 3.63) is 123 Å². The minimum atomic E-state index is -1.40. The topological polar surface area (TPSA) is 104 Å². The maximum Gasteiger partial charge on any atom is 0.337 e. The quantitative estimate of drug-likeness (QED) is 0.390. The maximum atomic E-state index is 13.9. The zero-order valence-corrected chi connectivity index (χ0v) is 22.1. The number of ether oxygens (including phenoxy) is 1. The average molecular weight is 535 g/mol. The van der Waals surface area contributed by atoms with Crippen LogP contribution in [-0.4, -0.2) is 42.8 Å². The van der Waals surface area contributed by atoms with Gasteiger partial charge in [-0.3, -0.25) is 14.2 Å². The van der Waals surface area contributed by atoms with Crippen LogP contribution in [0.15, 0.2) is 94.8 Å². The summed E-state index contributed by atoms with van der Waals surface area (Å²) in [5, 5.41) is 15.6. The molecule has 40 heavy (non-hydrogen) atoms. The molecule has 0 aliphatic carbocycles.